The highest BCUT2D eigenvalue weighted by Crippen LogP contribution is 2.31. The van der Waals surface area contributed by atoms with Gasteiger partial charge in [-0.3, -0.25) is 9.88 Å². The van der Waals surface area contributed by atoms with Crippen LogP contribution in [0.25, 0.3) is 10.8 Å². The van der Waals surface area contributed by atoms with E-state index in [0.717, 1.165) is 67.7 Å². The Labute approximate surface area is 213 Å². The maximum absolute atomic E-state index is 5.57. The number of fused-ring (bicyclic) bond motifs is 1. The number of methoxy groups -OCH3 is 3. The van der Waals surface area contributed by atoms with Crippen LogP contribution >= 0.6 is 0 Å². The summed E-state index contributed by atoms with van der Waals surface area (Å²) in [6.07, 6.45) is 2.80. The van der Waals surface area contributed by atoms with Gasteiger partial charge in [0.15, 0.2) is 11.5 Å². The Bertz CT molecular complexity index is 1330. The van der Waals surface area contributed by atoms with Crippen molar-refractivity contribution in [3.63, 3.8) is 0 Å². The van der Waals surface area contributed by atoms with Gasteiger partial charge in [0.05, 0.1) is 32.7 Å². The second-order valence-corrected chi connectivity index (χ2v) is 9.08. The molecule has 0 atom stereocenters. The van der Waals surface area contributed by atoms with E-state index >= 15 is 0 Å². The lowest BCUT2D eigenvalue weighted by atomic mass is 10.00. The Morgan fingerprint density at radius 2 is 1.42 bits per heavy atom. The van der Waals surface area contributed by atoms with Gasteiger partial charge in [-0.15, -0.1) is 0 Å². The second-order valence-electron chi connectivity index (χ2n) is 9.08. The minimum absolute atomic E-state index is 0.735. The lowest BCUT2D eigenvalue weighted by Crippen LogP contribution is -2.46. The third-order valence-corrected chi connectivity index (χ3v) is 6.97. The van der Waals surface area contributed by atoms with Crippen LogP contribution in [0.1, 0.15) is 16.8 Å². The molecule has 1 aliphatic rings. The number of nitrogens with zero attached hydrogens (tertiary/aromatic N) is 3. The van der Waals surface area contributed by atoms with Gasteiger partial charge in [0.1, 0.15) is 5.75 Å². The molecule has 0 radical (unpaired) electrons. The van der Waals surface area contributed by atoms with E-state index in [0.29, 0.717) is 0 Å². The molecule has 4 aromatic rings. The van der Waals surface area contributed by atoms with Crippen LogP contribution in [0.2, 0.25) is 0 Å². The second kappa shape index (κ2) is 10.9. The van der Waals surface area contributed by atoms with E-state index in [1.165, 1.54) is 22.0 Å². The molecule has 1 saturated heterocycles. The van der Waals surface area contributed by atoms with E-state index in [1.807, 2.05) is 24.3 Å². The number of benzene rings is 3. The molecule has 0 aliphatic carbocycles. The molecule has 0 unspecified atom stereocenters. The molecule has 1 aromatic heterocycles. The first-order chi connectivity index (χ1) is 17.7. The van der Waals surface area contributed by atoms with E-state index in [-0.39, 0.29) is 0 Å². The SMILES string of the molecule is COc1ccc(Cc2ncc(CN3CCN(c4ccccc4OC)CC3)c3ccccc23)cc1OC. The molecular formula is C30H33N3O3. The van der Waals surface area contributed by atoms with E-state index in [1.54, 1.807) is 21.3 Å². The first kappa shape index (κ1) is 23.9. The van der Waals surface area contributed by atoms with Crippen LogP contribution in [0.15, 0.2) is 72.9 Å². The molecule has 0 saturated carbocycles. The molecule has 0 amide bonds. The third-order valence-electron chi connectivity index (χ3n) is 6.97. The highest BCUT2D eigenvalue weighted by molar-refractivity contribution is 5.87. The smallest absolute Gasteiger partial charge is 0.160 e. The normalized spacial score (nSPS) is 14.1. The van der Waals surface area contributed by atoms with Crippen LogP contribution < -0.4 is 19.1 Å². The lowest BCUT2D eigenvalue weighted by Gasteiger charge is -2.36. The number of rotatable bonds is 8. The quantitative estimate of drug-likeness (QED) is 0.344. The molecule has 0 N–H and O–H groups in total. The number of anilines is 1. The van der Waals surface area contributed by atoms with Crippen LogP contribution in [0, 0.1) is 0 Å². The fourth-order valence-corrected chi connectivity index (χ4v) is 5.04. The van der Waals surface area contributed by atoms with Crippen molar-refractivity contribution in [2.75, 3.05) is 52.4 Å². The monoisotopic (exact) mass is 483 g/mol. The van der Waals surface area contributed by atoms with Crippen LogP contribution in [0.3, 0.4) is 0 Å². The standard InChI is InChI=1S/C30H33N3O3/c1-34-28-11-7-6-10-27(28)33-16-14-32(15-17-33)21-23-20-31-26(25-9-5-4-8-24(23)25)18-22-12-13-29(35-2)30(19-22)36-3/h4-13,19-20H,14-18,21H2,1-3H3. The fourth-order valence-electron chi connectivity index (χ4n) is 5.04. The molecule has 6 heteroatoms. The zero-order chi connectivity index (χ0) is 24.9. The Morgan fingerprint density at radius 3 is 2.17 bits per heavy atom. The van der Waals surface area contributed by atoms with E-state index in [2.05, 4.69) is 58.5 Å². The minimum atomic E-state index is 0.735. The van der Waals surface area contributed by atoms with Gasteiger partial charge in [-0.1, -0.05) is 42.5 Å². The Balaban J connectivity index is 1.32. The van der Waals surface area contributed by atoms with Gasteiger partial charge in [-0.05, 0) is 40.8 Å². The minimum Gasteiger partial charge on any atom is -0.495 e. The predicted octanol–water partition coefficient (Wildman–Crippen LogP) is 5.17. The van der Waals surface area contributed by atoms with Gasteiger partial charge in [0, 0.05) is 50.7 Å². The van der Waals surface area contributed by atoms with Gasteiger partial charge in [0.25, 0.3) is 0 Å². The van der Waals surface area contributed by atoms with Gasteiger partial charge in [-0.25, -0.2) is 0 Å². The third kappa shape index (κ3) is 4.95. The van der Waals surface area contributed by atoms with Crippen LogP contribution in [0.5, 0.6) is 17.2 Å². The van der Waals surface area contributed by atoms with Crippen molar-refractivity contribution >= 4 is 16.5 Å². The molecule has 3 aromatic carbocycles. The molecule has 0 bridgehead atoms. The van der Waals surface area contributed by atoms with E-state index < -0.39 is 0 Å². The molecule has 0 spiro atoms. The summed E-state index contributed by atoms with van der Waals surface area (Å²) < 4.78 is 16.5. The zero-order valence-electron chi connectivity index (χ0n) is 21.2. The van der Waals surface area contributed by atoms with Crippen molar-refractivity contribution in [1.82, 2.24) is 9.88 Å². The topological polar surface area (TPSA) is 47.1 Å². The van der Waals surface area contributed by atoms with Gasteiger partial charge < -0.3 is 19.1 Å². The highest BCUT2D eigenvalue weighted by atomic mass is 16.5. The van der Waals surface area contributed by atoms with Crippen molar-refractivity contribution < 1.29 is 14.2 Å². The van der Waals surface area contributed by atoms with Crippen molar-refractivity contribution in [3.05, 3.63) is 89.7 Å². The van der Waals surface area contributed by atoms with Crippen molar-refractivity contribution in [2.24, 2.45) is 0 Å². The predicted molar refractivity (Wildman–Crippen MR) is 145 cm³/mol. The molecule has 6 nitrogen and oxygen atoms in total. The fraction of sp³-hybridized carbons (Fsp3) is 0.300. The Hall–Kier alpha value is -3.77. The summed E-state index contributed by atoms with van der Waals surface area (Å²) in [6, 6.07) is 22.9. The van der Waals surface area contributed by atoms with Crippen LogP contribution in [-0.4, -0.2) is 57.4 Å². The van der Waals surface area contributed by atoms with E-state index in [9.17, 15) is 0 Å². The summed E-state index contributed by atoms with van der Waals surface area (Å²) in [5.41, 5.74) is 4.66. The average Bonchev–Trinajstić information content (AvgIpc) is 2.94. The first-order valence-electron chi connectivity index (χ1n) is 12.4. The summed E-state index contributed by atoms with van der Waals surface area (Å²) in [4.78, 5) is 9.86. The summed E-state index contributed by atoms with van der Waals surface area (Å²) in [6.45, 7) is 4.84. The molecule has 2 heterocycles. The maximum Gasteiger partial charge on any atom is 0.160 e. The molecule has 1 fully saturated rings. The summed E-state index contributed by atoms with van der Waals surface area (Å²) >= 11 is 0. The number of pyridine rings is 1. The summed E-state index contributed by atoms with van der Waals surface area (Å²) in [5, 5.41) is 2.48. The Morgan fingerprint density at radius 1 is 0.722 bits per heavy atom. The number of aromatic nitrogens is 1. The molecule has 5 rings (SSSR count). The highest BCUT2D eigenvalue weighted by Gasteiger charge is 2.20. The molecule has 36 heavy (non-hydrogen) atoms. The first-order valence-corrected chi connectivity index (χ1v) is 12.4. The molecular weight excluding hydrogens is 450 g/mol. The van der Waals surface area contributed by atoms with Gasteiger partial charge >= 0.3 is 0 Å². The average molecular weight is 484 g/mol. The summed E-state index contributed by atoms with van der Waals surface area (Å²) in [5.74, 6) is 2.41. The zero-order valence-corrected chi connectivity index (χ0v) is 21.2. The number of ether oxygens (including phenoxy) is 3. The molecule has 186 valence electrons. The number of hydrogen-bond acceptors (Lipinski definition) is 6. The summed E-state index contributed by atoms with van der Waals surface area (Å²) in [7, 11) is 5.06. The number of piperazine rings is 1. The van der Waals surface area contributed by atoms with Crippen molar-refractivity contribution in [1.29, 1.82) is 0 Å². The Kier molecular flexibility index (Phi) is 7.23. The van der Waals surface area contributed by atoms with E-state index in [4.69, 9.17) is 19.2 Å². The molecule has 1 aliphatic heterocycles. The lowest BCUT2D eigenvalue weighted by molar-refractivity contribution is 0.249. The number of hydrogen-bond donors (Lipinski definition) is 0. The van der Waals surface area contributed by atoms with Crippen molar-refractivity contribution in [2.45, 2.75) is 13.0 Å². The maximum atomic E-state index is 5.57. The van der Waals surface area contributed by atoms with Gasteiger partial charge in [-0.2, -0.15) is 0 Å². The van der Waals surface area contributed by atoms with Crippen LogP contribution in [-0.2, 0) is 13.0 Å². The van der Waals surface area contributed by atoms with Crippen molar-refractivity contribution in [3.8, 4) is 17.2 Å². The largest absolute Gasteiger partial charge is 0.495 e. The number of para-hydroxylation sites is 2. The van der Waals surface area contributed by atoms with Crippen LogP contribution in [0.4, 0.5) is 5.69 Å². The van der Waals surface area contributed by atoms with Gasteiger partial charge in [0.2, 0.25) is 0 Å².